The molecule has 152 valence electrons. The molecule has 7 heteroatoms. The first-order valence-corrected chi connectivity index (χ1v) is 9.17. The Balaban J connectivity index is 0.000000527. The van der Waals surface area contributed by atoms with Crippen molar-refractivity contribution in [3.63, 3.8) is 0 Å². The molecule has 2 rings (SSSR count). The minimum absolute atomic E-state index is 0.321. The molecule has 1 heterocycles. The Morgan fingerprint density at radius 2 is 1.74 bits per heavy atom. The first-order valence-electron chi connectivity index (χ1n) is 9.17. The summed E-state index contributed by atoms with van der Waals surface area (Å²) >= 11 is 0. The lowest BCUT2D eigenvalue weighted by Crippen LogP contribution is -2.46. The molecule has 1 aromatic rings. The van der Waals surface area contributed by atoms with E-state index in [9.17, 15) is 0 Å². The molecule has 0 spiro atoms. The van der Waals surface area contributed by atoms with Crippen molar-refractivity contribution in [1.29, 1.82) is 0 Å². The van der Waals surface area contributed by atoms with E-state index in [4.69, 9.17) is 29.3 Å². The van der Waals surface area contributed by atoms with Crippen LogP contribution in [0.25, 0.3) is 0 Å². The van der Waals surface area contributed by atoms with Crippen LogP contribution in [0.3, 0.4) is 0 Å². The molecule has 1 saturated heterocycles. The van der Waals surface area contributed by atoms with Gasteiger partial charge in [-0.05, 0) is 49.9 Å². The monoisotopic (exact) mass is 381 g/mol. The van der Waals surface area contributed by atoms with E-state index in [0.717, 1.165) is 32.0 Å². The molecule has 0 radical (unpaired) electrons. The summed E-state index contributed by atoms with van der Waals surface area (Å²) in [6, 6.07) is 6.43. The average molecular weight is 381 g/mol. The van der Waals surface area contributed by atoms with Crippen LogP contribution >= 0.6 is 0 Å². The molecule has 0 aromatic heterocycles. The maximum absolute atomic E-state index is 9.10. The van der Waals surface area contributed by atoms with Crippen molar-refractivity contribution in [3.05, 3.63) is 29.3 Å². The lowest BCUT2D eigenvalue weighted by atomic mass is 9.98. The molecule has 0 amide bonds. The normalized spacial score (nSPS) is 19.9. The number of ether oxygens (including phenoxy) is 2. The maximum atomic E-state index is 9.10. The van der Waals surface area contributed by atoms with E-state index in [1.807, 2.05) is 0 Å². The molecule has 27 heavy (non-hydrogen) atoms. The van der Waals surface area contributed by atoms with Crippen LogP contribution in [0.4, 0.5) is 0 Å². The predicted octanol–water partition coefficient (Wildman–Crippen LogP) is 2.76. The third-order valence-electron chi connectivity index (χ3n) is 4.22. The quantitative estimate of drug-likeness (QED) is 0.757. The van der Waals surface area contributed by atoms with Crippen LogP contribution in [0, 0.1) is 6.92 Å². The van der Waals surface area contributed by atoms with Gasteiger partial charge in [0.1, 0.15) is 12.4 Å². The second kappa shape index (κ2) is 10.9. The number of carboxylic acids is 2. The molecule has 7 nitrogen and oxygen atoms in total. The second-order valence-corrected chi connectivity index (χ2v) is 7.15. The van der Waals surface area contributed by atoms with Gasteiger partial charge in [-0.3, -0.25) is 4.90 Å². The van der Waals surface area contributed by atoms with Crippen LogP contribution in [0.1, 0.15) is 44.7 Å². The molecule has 1 aromatic carbocycles. The Kier molecular flexibility index (Phi) is 9.25. The Morgan fingerprint density at radius 3 is 2.19 bits per heavy atom. The summed E-state index contributed by atoms with van der Waals surface area (Å²) in [7, 11) is 0. The molecule has 0 aliphatic carbocycles. The summed E-state index contributed by atoms with van der Waals surface area (Å²) in [5.74, 6) is -2.10. The minimum Gasteiger partial charge on any atom is -0.492 e. The summed E-state index contributed by atoms with van der Waals surface area (Å²) in [5.41, 5.74) is 2.72. The van der Waals surface area contributed by atoms with E-state index in [1.165, 1.54) is 11.1 Å². The number of carboxylic acid groups (broad SMARTS) is 2. The fourth-order valence-corrected chi connectivity index (χ4v) is 3.15. The van der Waals surface area contributed by atoms with Gasteiger partial charge < -0.3 is 19.7 Å². The average Bonchev–Trinajstić information content (AvgIpc) is 2.54. The van der Waals surface area contributed by atoms with Crippen molar-refractivity contribution in [2.75, 3.05) is 26.2 Å². The topological polar surface area (TPSA) is 96.3 Å². The Labute approximate surface area is 160 Å². The van der Waals surface area contributed by atoms with Gasteiger partial charge in [-0.1, -0.05) is 19.9 Å². The highest BCUT2D eigenvalue weighted by molar-refractivity contribution is 6.27. The fraction of sp³-hybridized carbons (Fsp3) is 0.600. The Bertz CT molecular complexity index is 609. The van der Waals surface area contributed by atoms with E-state index in [-0.39, 0.29) is 0 Å². The zero-order valence-electron chi connectivity index (χ0n) is 16.8. The standard InChI is InChI=1S/C18H29NO2.C2H2O4/c1-13(2)18-7-6-17(10-14(18)3)20-9-8-19-11-15(4)21-16(5)12-19;3-1(4)2(5)6/h6-7,10,13,15-16H,8-9,11-12H2,1-5H3;(H,3,4)(H,5,6). The molecule has 1 aliphatic rings. The Morgan fingerprint density at radius 1 is 1.19 bits per heavy atom. The minimum atomic E-state index is -1.82. The van der Waals surface area contributed by atoms with Gasteiger partial charge in [0.15, 0.2) is 0 Å². The van der Waals surface area contributed by atoms with Gasteiger partial charge in [0, 0.05) is 19.6 Å². The third kappa shape index (κ3) is 8.41. The number of hydrogen-bond donors (Lipinski definition) is 2. The van der Waals surface area contributed by atoms with Crippen molar-refractivity contribution in [2.45, 2.75) is 52.7 Å². The number of morpholine rings is 1. The van der Waals surface area contributed by atoms with Gasteiger partial charge in [-0.25, -0.2) is 9.59 Å². The maximum Gasteiger partial charge on any atom is 0.414 e. The number of rotatable bonds is 5. The van der Waals surface area contributed by atoms with Gasteiger partial charge in [0.25, 0.3) is 0 Å². The van der Waals surface area contributed by atoms with Crippen molar-refractivity contribution in [1.82, 2.24) is 4.90 Å². The predicted molar refractivity (Wildman–Crippen MR) is 102 cm³/mol. The SMILES string of the molecule is Cc1cc(OCCN2CC(C)OC(C)C2)ccc1C(C)C.O=C(O)C(=O)O. The van der Waals surface area contributed by atoms with Gasteiger partial charge in [-0.2, -0.15) is 0 Å². The zero-order valence-corrected chi connectivity index (χ0v) is 16.8. The number of carbonyl (C=O) groups is 2. The molecular formula is C20H31NO6. The molecule has 1 aliphatic heterocycles. The summed E-state index contributed by atoms with van der Waals surface area (Å²) < 4.78 is 11.7. The highest BCUT2D eigenvalue weighted by Crippen LogP contribution is 2.23. The van der Waals surface area contributed by atoms with E-state index < -0.39 is 11.9 Å². The summed E-state index contributed by atoms with van der Waals surface area (Å²) in [6.45, 7) is 14.6. The van der Waals surface area contributed by atoms with Crippen LogP contribution in [0.15, 0.2) is 18.2 Å². The lowest BCUT2D eigenvalue weighted by Gasteiger charge is -2.35. The third-order valence-corrected chi connectivity index (χ3v) is 4.22. The number of hydrogen-bond acceptors (Lipinski definition) is 5. The van der Waals surface area contributed by atoms with Gasteiger partial charge >= 0.3 is 11.9 Å². The van der Waals surface area contributed by atoms with Crippen LogP contribution in [-0.2, 0) is 14.3 Å². The number of aliphatic carboxylic acids is 2. The van der Waals surface area contributed by atoms with Crippen molar-refractivity contribution >= 4 is 11.9 Å². The molecular weight excluding hydrogens is 350 g/mol. The van der Waals surface area contributed by atoms with Crippen molar-refractivity contribution in [3.8, 4) is 5.75 Å². The van der Waals surface area contributed by atoms with Gasteiger partial charge in [-0.15, -0.1) is 0 Å². The number of benzene rings is 1. The molecule has 0 bridgehead atoms. The highest BCUT2D eigenvalue weighted by Gasteiger charge is 2.21. The van der Waals surface area contributed by atoms with Crippen LogP contribution in [0.5, 0.6) is 5.75 Å². The van der Waals surface area contributed by atoms with Crippen LogP contribution in [0.2, 0.25) is 0 Å². The first-order chi connectivity index (χ1) is 12.6. The number of nitrogens with zero attached hydrogens (tertiary/aromatic N) is 1. The van der Waals surface area contributed by atoms with E-state index in [1.54, 1.807) is 0 Å². The smallest absolute Gasteiger partial charge is 0.414 e. The highest BCUT2D eigenvalue weighted by atomic mass is 16.5. The van der Waals surface area contributed by atoms with Gasteiger partial charge in [0.2, 0.25) is 0 Å². The molecule has 2 N–H and O–H groups in total. The zero-order chi connectivity index (χ0) is 20.6. The molecule has 0 saturated carbocycles. The summed E-state index contributed by atoms with van der Waals surface area (Å²) in [5, 5.41) is 14.8. The van der Waals surface area contributed by atoms with E-state index in [0.29, 0.717) is 18.1 Å². The van der Waals surface area contributed by atoms with Gasteiger partial charge in [0.05, 0.1) is 12.2 Å². The van der Waals surface area contributed by atoms with Crippen LogP contribution in [-0.4, -0.2) is 65.5 Å². The lowest BCUT2D eigenvalue weighted by molar-refractivity contribution is -0.159. The van der Waals surface area contributed by atoms with E-state index in [2.05, 4.69) is 57.7 Å². The Hall–Kier alpha value is -2.12. The summed E-state index contributed by atoms with van der Waals surface area (Å²) in [4.78, 5) is 20.6. The van der Waals surface area contributed by atoms with Crippen LogP contribution < -0.4 is 4.74 Å². The molecule has 1 fully saturated rings. The van der Waals surface area contributed by atoms with Crippen molar-refractivity contribution in [2.24, 2.45) is 0 Å². The largest absolute Gasteiger partial charge is 0.492 e. The molecule has 2 atom stereocenters. The first kappa shape index (κ1) is 22.9. The fourth-order valence-electron chi connectivity index (χ4n) is 3.15. The van der Waals surface area contributed by atoms with E-state index >= 15 is 0 Å². The van der Waals surface area contributed by atoms with Crippen molar-refractivity contribution < 1.29 is 29.3 Å². The summed E-state index contributed by atoms with van der Waals surface area (Å²) in [6.07, 6.45) is 0.641. The number of aryl methyl sites for hydroxylation is 1. The second-order valence-electron chi connectivity index (χ2n) is 7.15. The molecule has 2 unspecified atom stereocenters.